The summed E-state index contributed by atoms with van der Waals surface area (Å²) in [5.41, 5.74) is 4.55. The van der Waals surface area contributed by atoms with Crippen LogP contribution in [0.3, 0.4) is 0 Å². The number of nitrogens with one attached hydrogen (secondary N) is 1. The summed E-state index contributed by atoms with van der Waals surface area (Å²) in [5.74, 6) is 0.168. The van der Waals surface area contributed by atoms with Crippen molar-refractivity contribution < 1.29 is 4.79 Å². The van der Waals surface area contributed by atoms with E-state index in [1.807, 2.05) is 4.90 Å². The smallest absolute Gasteiger partial charge is 0.246 e. The Morgan fingerprint density at radius 3 is 2.81 bits per heavy atom. The topological polar surface area (TPSA) is 32.3 Å². The molecule has 0 unspecified atom stereocenters. The predicted molar refractivity (Wildman–Crippen MR) is 67.0 cm³/mol. The van der Waals surface area contributed by atoms with Gasteiger partial charge in [-0.05, 0) is 37.5 Å². The van der Waals surface area contributed by atoms with E-state index < -0.39 is 0 Å². The standard InChI is InChI=1S/C13H18N2O/c1-4-5-15-12(16)8-14-11-7-9(2)6-10(3)13(11)15/h6-7,14H,4-5,8H2,1-3H3. The maximum absolute atomic E-state index is 11.8. The molecular weight excluding hydrogens is 200 g/mol. The zero-order chi connectivity index (χ0) is 11.7. The fourth-order valence-corrected chi connectivity index (χ4v) is 2.30. The van der Waals surface area contributed by atoms with Crippen LogP contribution in [-0.2, 0) is 4.79 Å². The number of carbonyl (C=O) groups is 1. The first kappa shape index (κ1) is 11.0. The number of hydrogen-bond acceptors (Lipinski definition) is 2. The second-order valence-electron chi connectivity index (χ2n) is 4.38. The van der Waals surface area contributed by atoms with E-state index in [1.165, 1.54) is 11.1 Å². The summed E-state index contributed by atoms with van der Waals surface area (Å²) in [6.07, 6.45) is 0.985. The van der Waals surface area contributed by atoms with Crippen LogP contribution in [0.2, 0.25) is 0 Å². The van der Waals surface area contributed by atoms with Crippen molar-refractivity contribution in [2.75, 3.05) is 23.3 Å². The van der Waals surface area contributed by atoms with Gasteiger partial charge in [0.15, 0.2) is 0 Å². The third-order valence-electron chi connectivity index (χ3n) is 2.89. The van der Waals surface area contributed by atoms with Gasteiger partial charge in [0.1, 0.15) is 0 Å². The molecule has 16 heavy (non-hydrogen) atoms. The third kappa shape index (κ3) is 1.77. The minimum atomic E-state index is 0.168. The third-order valence-corrected chi connectivity index (χ3v) is 2.89. The highest BCUT2D eigenvalue weighted by atomic mass is 16.2. The SMILES string of the molecule is CCCN1C(=O)CNc2cc(C)cc(C)c21. The first-order valence-electron chi connectivity index (χ1n) is 5.79. The fourth-order valence-electron chi connectivity index (χ4n) is 2.30. The van der Waals surface area contributed by atoms with Crippen molar-refractivity contribution >= 4 is 17.3 Å². The molecule has 0 aromatic heterocycles. The molecule has 1 aromatic carbocycles. The van der Waals surface area contributed by atoms with Gasteiger partial charge in [0.25, 0.3) is 0 Å². The number of fused-ring (bicyclic) bond motifs is 1. The lowest BCUT2D eigenvalue weighted by Crippen LogP contribution is -2.40. The van der Waals surface area contributed by atoms with Gasteiger partial charge in [0.2, 0.25) is 5.91 Å². The summed E-state index contributed by atoms with van der Waals surface area (Å²) in [6, 6.07) is 4.24. The monoisotopic (exact) mass is 218 g/mol. The summed E-state index contributed by atoms with van der Waals surface area (Å²) in [6.45, 7) is 7.45. The quantitative estimate of drug-likeness (QED) is 0.827. The van der Waals surface area contributed by atoms with E-state index in [0.717, 1.165) is 24.3 Å². The van der Waals surface area contributed by atoms with E-state index in [9.17, 15) is 4.79 Å². The van der Waals surface area contributed by atoms with Crippen molar-refractivity contribution in [2.45, 2.75) is 27.2 Å². The van der Waals surface area contributed by atoms with Crippen molar-refractivity contribution in [3.63, 3.8) is 0 Å². The van der Waals surface area contributed by atoms with Crippen molar-refractivity contribution in [1.82, 2.24) is 0 Å². The Labute approximate surface area is 96.5 Å². The molecule has 1 amide bonds. The van der Waals surface area contributed by atoms with Gasteiger partial charge >= 0.3 is 0 Å². The first-order valence-corrected chi connectivity index (χ1v) is 5.79. The average Bonchev–Trinajstić information content (AvgIpc) is 2.22. The Bertz CT molecular complexity index is 426. The van der Waals surface area contributed by atoms with Gasteiger partial charge in [0, 0.05) is 6.54 Å². The molecule has 0 bridgehead atoms. The zero-order valence-electron chi connectivity index (χ0n) is 10.1. The van der Waals surface area contributed by atoms with Gasteiger partial charge in [-0.15, -0.1) is 0 Å². The summed E-state index contributed by atoms with van der Waals surface area (Å²) in [5, 5.41) is 3.19. The van der Waals surface area contributed by atoms with Crippen LogP contribution in [0.5, 0.6) is 0 Å². The number of rotatable bonds is 2. The van der Waals surface area contributed by atoms with Gasteiger partial charge in [-0.2, -0.15) is 0 Å². The molecule has 0 atom stereocenters. The van der Waals surface area contributed by atoms with Gasteiger partial charge in [-0.3, -0.25) is 4.79 Å². The van der Waals surface area contributed by atoms with Crippen LogP contribution in [0.4, 0.5) is 11.4 Å². The van der Waals surface area contributed by atoms with Crippen molar-refractivity contribution in [2.24, 2.45) is 0 Å². The van der Waals surface area contributed by atoms with Gasteiger partial charge in [-0.1, -0.05) is 13.0 Å². The van der Waals surface area contributed by atoms with E-state index in [2.05, 4.69) is 38.2 Å². The van der Waals surface area contributed by atoms with Gasteiger partial charge < -0.3 is 10.2 Å². The molecule has 86 valence electrons. The lowest BCUT2D eigenvalue weighted by atomic mass is 10.0. The number of hydrogen-bond donors (Lipinski definition) is 1. The molecule has 1 heterocycles. The number of benzene rings is 1. The highest BCUT2D eigenvalue weighted by Crippen LogP contribution is 2.34. The molecule has 3 nitrogen and oxygen atoms in total. The minimum absolute atomic E-state index is 0.168. The zero-order valence-corrected chi connectivity index (χ0v) is 10.1. The molecule has 0 fully saturated rings. The van der Waals surface area contributed by atoms with E-state index in [4.69, 9.17) is 0 Å². The van der Waals surface area contributed by atoms with E-state index >= 15 is 0 Å². The Balaban J connectivity index is 2.50. The predicted octanol–water partition coefficient (Wildman–Crippen LogP) is 2.47. The van der Waals surface area contributed by atoms with E-state index in [0.29, 0.717) is 6.54 Å². The Hall–Kier alpha value is -1.51. The van der Waals surface area contributed by atoms with Gasteiger partial charge in [0.05, 0.1) is 17.9 Å². The fraction of sp³-hybridized carbons (Fsp3) is 0.462. The maximum Gasteiger partial charge on any atom is 0.246 e. The molecule has 1 aromatic rings. The molecule has 1 aliphatic heterocycles. The number of anilines is 2. The average molecular weight is 218 g/mol. The molecule has 0 radical (unpaired) electrons. The lowest BCUT2D eigenvalue weighted by molar-refractivity contribution is -0.117. The summed E-state index contributed by atoms with van der Waals surface area (Å²) >= 11 is 0. The normalized spacial score (nSPS) is 14.7. The molecule has 2 rings (SSSR count). The highest BCUT2D eigenvalue weighted by Gasteiger charge is 2.24. The Morgan fingerprint density at radius 1 is 1.38 bits per heavy atom. The second kappa shape index (κ2) is 4.16. The number of carbonyl (C=O) groups excluding carboxylic acids is 1. The molecular formula is C13H18N2O. The molecule has 1 N–H and O–H groups in total. The Kier molecular flexibility index (Phi) is 2.86. The second-order valence-corrected chi connectivity index (χ2v) is 4.38. The van der Waals surface area contributed by atoms with E-state index in [1.54, 1.807) is 0 Å². The van der Waals surface area contributed by atoms with Crippen LogP contribution in [0, 0.1) is 13.8 Å². The van der Waals surface area contributed by atoms with Crippen LogP contribution >= 0.6 is 0 Å². The van der Waals surface area contributed by atoms with Crippen LogP contribution in [0.1, 0.15) is 24.5 Å². The van der Waals surface area contributed by atoms with Gasteiger partial charge in [-0.25, -0.2) is 0 Å². The largest absolute Gasteiger partial charge is 0.374 e. The lowest BCUT2D eigenvalue weighted by Gasteiger charge is -2.31. The minimum Gasteiger partial charge on any atom is -0.374 e. The van der Waals surface area contributed by atoms with Crippen molar-refractivity contribution in [3.8, 4) is 0 Å². The Morgan fingerprint density at radius 2 is 2.12 bits per heavy atom. The van der Waals surface area contributed by atoms with Crippen LogP contribution in [-0.4, -0.2) is 19.0 Å². The van der Waals surface area contributed by atoms with Crippen molar-refractivity contribution in [3.05, 3.63) is 23.3 Å². The van der Waals surface area contributed by atoms with E-state index in [-0.39, 0.29) is 5.91 Å². The number of nitrogens with zero attached hydrogens (tertiary/aromatic N) is 1. The molecule has 0 aliphatic carbocycles. The molecule has 1 aliphatic rings. The first-order chi connectivity index (χ1) is 7.63. The van der Waals surface area contributed by atoms with Crippen LogP contribution in [0.25, 0.3) is 0 Å². The van der Waals surface area contributed by atoms with Crippen molar-refractivity contribution in [1.29, 1.82) is 0 Å². The molecule has 3 heteroatoms. The number of aryl methyl sites for hydroxylation is 2. The molecule has 0 spiro atoms. The maximum atomic E-state index is 11.8. The summed E-state index contributed by atoms with van der Waals surface area (Å²) < 4.78 is 0. The van der Waals surface area contributed by atoms with Crippen LogP contribution in [0.15, 0.2) is 12.1 Å². The highest BCUT2D eigenvalue weighted by molar-refractivity contribution is 6.03. The molecule has 0 saturated carbocycles. The van der Waals surface area contributed by atoms with Crippen LogP contribution < -0.4 is 10.2 Å². The molecule has 0 saturated heterocycles. The number of amides is 1. The summed E-state index contributed by atoms with van der Waals surface area (Å²) in [4.78, 5) is 13.8. The summed E-state index contributed by atoms with van der Waals surface area (Å²) in [7, 11) is 0.